The lowest BCUT2D eigenvalue weighted by Crippen LogP contribution is -2.33. The molecule has 1 aliphatic rings. The van der Waals surface area contributed by atoms with Crippen LogP contribution in [0.4, 0.5) is 5.69 Å². The van der Waals surface area contributed by atoms with Crippen LogP contribution < -0.4 is 15.5 Å². The third kappa shape index (κ3) is 4.72. The zero-order chi connectivity index (χ0) is 32.9. The van der Waals surface area contributed by atoms with Gasteiger partial charge in [0.2, 0.25) is 0 Å². The number of allylic oxidation sites excluding steroid dienone is 2. The number of para-hydroxylation sites is 3. The average molecular weight is 632 g/mol. The fourth-order valence-electron chi connectivity index (χ4n) is 7.20. The van der Waals surface area contributed by atoms with Crippen molar-refractivity contribution in [3.8, 4) is 16.8 Å². The van der Waals surface area contributed by atoms with Gasteiger partial charge < -0.3 is 13.9 Å². The minimum Gasteiger partial charge on any atom is -0.456 e. The molecular formula is C45H33N3O. The first-order valence-corrected chi connectivity index (χ1v) is 16.7. The maximum Gasteiger partial charge on any atom is 0.145 e. The van der Waals surface area contributed by atoms with E-state index in [-0.39, 0.29) is 0 Å². The topological polar surface area (TPSA) is 33.7 Å². The summed E-state index contributed by atoms with van der Waals surface area (Å²) in [4.78, 5) is 7.54. The monoisotopic (exact) mass is 631 g/mol. The van der Waals surface area contributed by atoms with Gasteiger partial charge in [0.25, 0.3) is 0 Å². The second-order valence-corrected chi connectivity index (χ2v) is 12.4. The largest absolute Gasteiger partial charge is 0.456 e. The Morgan fingerprint density at radius 3 is 2.14 bits per heavy atom. The normalized spacial score (nSPS) is 14.7. The number of hydrogen-bond donors (Lipinski definition) is 0. The zero-order valence-corrected chi connectivity index (χ0v) is 27.3. The third-order valence-electron chi connectivity index (χ3n) is 9.50. The fourth-order valence-corrected chi connectivity index (χ4v) is 7.20. The first-order chi connectivity index (χ1) is 24.2. The number of hydrogen-bond acceptors (Lipinski definition) is 3. The summed E-state index contributed by atoms with van der Waals surface area (Å²) in [5, 5.41) is 4.46. The van der Waals surface area contributed by atoms with Crippen molar-refractivity contribution in [1.82, 2.24) is 4.57 Å². The van der Waals surface area contributed by atoms with Gasteiger partial charge in [-0.1, -0.05) is 109 Å². The van der Waals surface area contributed by atoms with E-state index >= 15 is 0 Å². The minimum absolute atomic E-state index is 0.782. The number of nitrogens with zero attached hydrogens (tertiary/aromatic N) is 3. The molecule has 1 aliphatic heterocycles. The van der Waals surface area contributed by atoms with Gasteiger partial charge in [0.1, 0.15) is 16.8 Å². The van der Waals surface area contributed by atoms with Gasteiger partial charge >= 0.3 is 0 Å². The highest BCUT2D eigenvalue weighted by molar-refractivity contribution is 6.20. The molecule has 49 heavy (non-hydrogen) atoms. The second kappa shape index (κ2) is 11.7. The highest BCUT2D eigenvalue weighted by atomic mass is 16.3. The molecule has 0 fully saturated rings. The van der Waals surface area contributed by atoms with E-state index in [9.17, 15) is 0 Å². The number of benzene rings is 6. The van der Waals surface area contributed by atoms with Crippen LogP contribution >= 0.6 is 0 Å². The number of aliphatic imine (C=N–C) groups is 1. The summed E-state index contributed by atoms with van der Waals surface area (Å²) in [7, 11) is 2.09. The summed E-state index contributed by atoms with van der Waals surface area (Å²) in [5.41, 5.74) is 11.6. The molecule has 2 aromatic heterocycles. The predicted molar refractivity (Wildman–Crippen MR) is 205 cm³/mol. The lowest BCUT2D eigenvalue weighted by Gasteiger charge is -2.28. The van der Waals surface area contributed by atoms with Crippen molar-refractivity contribution in [1.29, 1.82) is 0 Å². The predicted octanol–water partition coefficient (Wildman–Crippen LogP) is 9.61. The second-order valence-electron chi connectivity index (χ2n) is 12.4. The van der Waals surface area contributed by atoms with Crippen LogP contribution in [0.3, 0.4) is 0 Å². The molecule has 0 bridgehead atoms. The van der Waals surface area contributed by atoms with E-state index in [1.165, 1.54) is 21.8 Å². The van der Waals surface area contributed by atoms with Gasteiger partial charge in [-0.3, -0.25) is 0 Å². The van der Waals surface area contributed by atoms with Crippen LogP contribution in [0.5, 0.6) is 0 Å². The summed E-state index contributed by atoms with van der Waals surface area (Å²) in [6.07, 6.45) is 6.09. The van der Waals surface area contributed by atoms with E-state index in [0.29, 0.717) is 0 Å². The Morgan fingerprint density at radius 1 is 0.612 bits per heavy atom. The molecule has 234 valence electrons. The molecule has 3 heterocycles. The van der Waals surface area contributed by atoms with Crippen LogP contribution in [0.2, 0.25) is 0 Å². The van der Waals surface area contributed by atoms with Crippen molar-refractivity contribution in [2.45, 2.75) is 6.92 Å². The molecule has 6 aromatic carbocycles. The highest BCUT2D eigenvalue weighted by Gasteiger charge is 2.24. The van der Waals surface area contributed by atoms with E-state index in [1.807, 2.05) is 31.2 Å². The van der Waals surface area contributed by atoms with Crippen LogP contribution in [-0.2, 0) is 0 Å². The van der Waals surface area contributed by atoms with Crippen LogP contribution in [-0.4, -0.2) is 17.3 Å². The molecule has 0 N–H and O–H groups in total. The van der Waals surface area contributed by atoms with Crippen LogP contribution in [0.15, 0.2) is 167 Å². The summed E-state index contributed by atoms with van der Waals surface area (Å²) in [5.74, 6) is 0.856. The number of aromatic nitrogens is 1. The number of rotatable bonds is 4. The first-order valence-electron chi connectivity index (χ1n) is 16.7. The lowest BCUT2D eigenvalue weighted by molar-refractivity contribution is 0.575. The smallest absolute Gasteiger partial charge is 0.145 e. The number of furan rings is 1. The van der Waals surface area contributed by atoms with Gasteiger partial charge in [0.15, 0.2) is 0 Å². The molecular weight excluding hydrogens is 599 g/mol. The summed E-state index contributed by atoms with van der Waals surface area (Å²) >= 11 is 0. The molecule has 8 aromatic rings. The van der Waals surface area contributed by atoms with Crippen molar-refractivity contribution in [2.75, 3.05) is 11.9 Å². The standard InChI is InChI=1S/C45H33N3O/c1-3-4-23-41-43(45-46-44(30-15-7-5-8-16-30)35-20-12-13-21-38(35)47(45)2)36-26-24-32(29-42(36)49-41)31-25-27-40-37(28-31)34-19-11-14-22-39(34)48(40)33-17-9-6-10-18-33/h3-29H,1-2H3/b4-3-,41-23+,45-43-. The maximum absolute atomic E-state index is 6.69. The SMILES string of the molecule is C\C=C/C=c1/oc2cc(-c3ccc4c(c3)c3ccccc3n4-c3ccccc3)ccc2/c1=C1\N=C(c2ccccc2)c2ccccc2N1C. The van der Waals surface area contributed by atoms with Crippen LogP contribution in [0.1, 0.15) is 18.1 Å². The fraction of sp³-hybridized carbons (Fsp3) is 0.0444. The Balaban J connectivity index is 1.26. The Morgan fingerprint density at radius 2 is 1.31 bits per heavy atom. The minimum atomic E-state index is 0.782. The quantitative estimate of drug-likeness (QED) is 0.194. The molecule has 0 aliphatic carbocycles. The molecule has 9 rings (SSSR count). The van der Waals surface area contributed by atoms with Crippen LogP contribution in [0, 0.1) is 0 Å². The van der Waals surface area contributed by atoms with Crippen molar-refractivity contribution in [3.05, 3.63) is 180 Å². The lowest BCUT2D eigenvalue weighted by atomic mass is 9.98. The van der Waals surface area contributed by atoms with E-state index in [0.717, 1.165) is 66.8 Å². The third-order valence-corrected chi connectivity index (χ3v) is 9.50. The summed E-state index contributed by atoms with van der Waals surface area (Å²) in [6, 6.07) is 51.4. The summed E-state index contributed by atoms with van der Waals surface area (Å²) < 4.78 is 9.03. The summed E-state index contributed by atoms with van der Waals surface area (Å²) in [6.45, 7) is 2.02. The number of fused-ring (bicyclic) bond motifs is 5. The Bertz CT molecular complexity index is 2730. The van der Waals surface area contributed by atoms with Gasteiger partial charge in [0.05, 0.1) is 27.7 Å². The molecule has 0 radical (unpaired) electrons. The first kappa shape index (κ1) is 28.8. The van der Waals surface area contributed by atoms with Gasteiger partial charge in [0, 0.05) is 40.0 Å². The van der Waals surface area contributed by atoms with Gasteiger partial charge in [-0.25, -0.2) is 4.99 Å². The molecule has 0 saturated carbocycles. The Kier molecular flexibility index (Phi) is 6.87. The Hall–Kier alpha value is -6.39. The average Bonchev–Trinajstić information content (AvgIpc) is 3.69. The van der Waals surface area contributed by atoms with E-state index in [1.54, 1.807) is 0 Å². The zero-order valence-electron chi connectivity index (χ0n) is 27.3. The molecule has 0 saturated heterocycles. The van der Waals surface area contributed by atoms with Crippen LogP contribution in [0.25, 0.3) is 61.5 Å². The number of anilines is 1. The van der Waals surface area contributed by atoms with E-state index in [4.69, 9.17) is 9.41 Å². The van der Waals surface area contributed by atoms with E-state index in [2.05, 4.69) is 156 Å². The van der Waals surface area contributed by atoms with E-state index < -0.39 is 0 Å². The maximum atomic E-state index is 6.69. The molecule has 4 nitrogen and oxygen atoms in total. The van der Waals surface area contributed by atoms with Crippen molar-refractivity contribution in [2.24, 2.45) is 4.99 Å². The molecule has 0 unspecified atom stereocenters. The van der Waals surface area contributed by atoms with Gasteiger partial charge in [-0.05, 0) is 72.7 Å². The van der Waals surface area contributed by atoms with Crippen molar-refractivity contribution in [3.63, 3.8) is 0 Å². The molecule has 0 atom stereocenters. The van der Waals surface area contributed by atoms with Crippen molar-refractivity contribution < 1.29 is 4.42 Å². The molecule has 4 heteroatoms. The highest BCUT2D eigenvalue weighted by Crippen LogP contribution is 2.36. The van der Waals surface area contributed by atoms with Gasteiger partial charge in [-0.2, -0.15) is 0 Å². The molecule has 0 amide bonds. The van der Waals surface area contributed by atoms with Gasteiger partial charge in [-0.15, -0.1) is 0 Å². The molecule has 0 spiro atoms. The Labute approximate surface area is 284 Å². The van der Waals surface area contributed by atoms with Crippen molar-refractivity contribution >= 4 is 56.1 Å².